The number of nitrogens with one attached hydrogen (secondary N) is 1. The van der Waals surface area contributed by atoms with Gasteiger partial charge in [0.05, 0.1) is 18.2 Å². The predicted octanol–water partition coefficient (Wildman–Crippen LogP) is 4.34. The van der Waals surface area contributed by atoms with Crippen LogP contribution in [0.4, 0.5) is 10.5 Å². The maximum Gasteiger partial charge on any atom is 0.338 e. The second-order valence-corrected chi connectivity index (χ2v) is 6.89. The molecule has 144 valence electrons. The molecule has 1 saturated heterocycles. The molecule has 7 heteroatoms. The van der Waals surface area contributed by atoms with Crippen molar-refractivity contribution in [3.63, 3.8) is 0 Å². The lowest BCUT2D eigenvalue weighted by molar-refractivity contribution is 0.0526. The SMILES string of the molecule is CCOC(=O)c1ccc(NC(=O)N2CCCC2c2cc(C(C)C)on2)cc1. The molecule has 1 N–H and O–H groups in total. The first-order valence-corrected chi connectivity index (χ1v) is 9.31. The number of rotatable bonds is 5. The Morgan fingerprint density at radius 2 is 2.07 bits per heavy atom. The molecule has 1 atom stereocenters. The quantitative estimate of drug-likeness (QED) is 0.790. The Morgan fingerprint density at radius 1 is 1.33 bits per heavy atom. The van der Waals surface area contributed by atoms with Gasteiger partial charge in [-0.25, -0.2) is 9.59 Å². The lowest BCUT2D eigenvalue weighted by Gasteiger charge is -2.23. The summed E-state index contributed by atoms with van der Waals surface area (Å²) in [6.45, 7) is 6.85. The van der Waals surface area contributed by atoms with Crippen molar-refractivity contribution in [3.8, 4) is 0 Å². The molecule has 0 spiro atoms. The van der Waals surface area contributed by atoms with Crippen LogP contribution in [0, 0.1) is 0 Å². The third-order valence-corrected chi connectivity index (χ3v) is 4.62. The number of likely N-dealkylation sites (tertiary alicyclic amines) is 1. The Labute approximate surface area is 158 Å². The van der Waals surface area contributed by atoms with Gasteiger partial charge in [-0.2, -0.15) is 0 Å². The highest BCUT2D eigenvalue weighted by Crippen LogP contribution is 2.33. The van der Waals surface area contributed by atoms with E-state index in [0.717, 1.165) is 24.3 Å². The lowest BCUT2D eigenvalue weighted by atomic mass is 10.1. The second kappa shape index (κ2) is 8.24. The number of esters is 1. The lowest BCUT2D eigenvalue weighted by Crippen LogP contribution is -2.34. The van der Waals surface area contributed by atoms with E-state index in [2.05, 4.69) is 10.5 Å². The zero-order valence-electron chi connectivity index (χ0n) is 15.9. The van der Waals surface area contributed by atoms with Gasteiger partial charge < -0.3 is 19.5 Å². The third kappa shape index (κ3) is 4.30. The molecule has 0 aliphatic carbocycles. The van der Waals surface area contributed by atoms with E-state index in [-0.39, 0.29) is 24.0 Å². The normalized spacial score (nSPS) is 16.6. The van der Waals surface area contributed by atoms with E-state index < -0.39 is 0 Å². The van der Waals surface area contributed by atoms with Crippen LogP contribution in [0.2, 0.25) is 0 Å². The van der Waals surface area contributed by atoms with Gasteiger partial charge in [0.1, 0.15) is 11.5 Å². The summed E-state index contributed by atoms with van der Waals surface area (Å²) in [6.07, 6.45) is 1.78. The Balaban J connectivity index is 1.66. The maximum atomic E-state index is 12.7. The molecule has 3 rings (SSSR count). The maximum absolute atomic E-state index is 12.7. The molecule has 0 bridgehead atoms. The molecule has 2 heterocycles. The molecule has 2 aromatic rings. The van der Waals surface area contributed by atoms with Crippen molar-refractivity contribution in [2.45, 2.75) is 45.6 Å². The zero-order chi connectivity index (χ0) is 19.4. The van der Waals surface area contributed by atoms with Crippen molar-refractivity contribution in [3.05, 3.63) is 47.3 Å². The number of anilines is 1. The van der Waals surface area contributed by atoms with Crippen molar-refractivity contribution in [1.29, 1.82) is 0 Å². The Kier molecular flexibility index (Phi) is 5.78. The summed E-state index contributed by atoms with van der Waals surface area (Å²) < 4.78 is 10.3. The van der Waals surface area contributed by atoms with E-state index >= 15 is 0 Å². The minimum Gasteiger partial charge on any atom is -0.462 e. The molecule has 1 aliphatic rings. The molecule has 1 aromatic heterocycles. The van der Waals surface area contributed by atoms with Crippen LogP contribution in [-0.4, -0.2) is 35.2 Å². The minimum atomic E-state index is -0.373. The second-order valence-electron chi connectivity index (χ2n) is 6.89. The van der Waals surface area contributed by atoms with E-state index in [1.54, 1.807) is 36.1 Å². The van der Waals surface area contributed by atoms with E-state index in [0.29, 0.717) is 24.4 Å². The molecule has 7 nitrogen and oxygen atoms in total. The van der Waals surface area contributed by atoms with Crippen molar-refractivity contribution in [1.82, 2.24) is 10.1 Å². The minimum absolute atomic E-state index is 0.0833. The number of ether oxygens (including phenoxy) is 1. The first kappa shape index (κ1) is 18.9. The number of hydrogen-bond acceptors (Lipinski definition) is 5. The van der Waals surface area contributed by atoms with Gasteiger partial charge in [0.25, 0.3) is 0 Å². The van der Waals surface area contributed by atoms with Crippen LogP contribution in [0.3, 0.4) is 0 Å². The molecule has 1 aliphatic heterocycles. The molecule has 2 amide bonds. The monoisotopic (exact) mass is 371 g/mol. The van der Waals surface area contributed by atoms with Crippen LogP contribution >= 0.6 is 0 Å². The molecule has 1 aromatic carbocycles. The number of benzene rings is 1. The summed E-state index contributed by atoms with van der Waals surface area (Å²) in [6, 6.07) is 8.35. The molecule has 1 unspecified atom stereocenters. The first-order chi connectivity index (χ1) is 13.0. The largest absolute Gasteiger partial charge is 0.462 e. The smallest absolute Gasteiger partial charge is 0.338 e. The zero-order valence-corrected chi connectivity index (χ0v) is 15.9. The third-order valence-electron chi connectivity index (χ3n) is 4.62. The van der Waals surface area contributed by atoms with Gasteiger partial charge >= 0.3 is 12.0 Å². The number of urea groups is 1. The van der Waals surface area contributed by atoms with Gasteiger partial charge in [-0.3, -0.25) is 0 Å². The van der Waals surface area contributed by atoms with Crippen LogP contribution in [0.25, 0.3) is 0 Å². The van der Waals surface area contributed by atoms with Gasteiger partial charge in [0.15, 0.2) is 0 Å². The highest BCUT2D eigenvalue weighted by atomic mass is 16.5. The van der Waals surface area contributed by atoms with Crippen LogP contribution in [0.15, 0.2) is 34.9 Å². The highest BCUT2D eigenvalue weighted by molar-refractivity contribution is 5.92. The summed E-state index contributed by atoms with van der Waals surface area (Å²) in [5.41, 5.74) is 1.88. The fourth-order valence-corrected chi connectivity index (χ4v) is 3.15. The summed E-state index contributed by atoms with van der Waals surface area (Å²) in [4.78, 5) is 26.2. The standard InChI is InChI=1S/C20H25N3O4/c1-4-26-19(24)14-7-9-15(10-8-14)21-20(25)23-11-5-6-17(23)16-12-18(13(2)3)27-22-16/h7-10,12-13,17H,4-6,11H2,1-3H3,(H,21,25). The van der Waals surface area contributed by atoms with E-state index in [9.17, 15) is 9.59 Å². The number of aromatic nitrogens is 1. The van der Waals surface area contributed by atoms with Crippen molar-refractivity contribution >= 4 is 17.7 Å². The molecular formula is C20H25N3O4. The van der Waals surface area contributed by atoms with Crippen LogP contribution in [0.1, 0.15) is 67.4 Å². The molecule has 0 saturated carbocycles. The van der Waals surface area contributed by atoms with Gasteiger partial charge in [-0.15, -0.1) is 0 Å². The van der Waals surface area contributed by atoms with E-state index in [4.69, 9.17) is 9.26 Å². The topological polar surface area (TPSA) is 84.7 Å². The van der Waals surface area contributed by atoms with Gasteiger partial charge in [-0.05, 0) is 44.0 Å². The fourth-order valence-electron chi connectivity index (χ4n) is 3.15. The number of amides is 2. The number of carbonyl (C=O) groups excluding carboxylic acids is 2. The fraction of sp³-hybridized carbons (Fsp3) is 0.450. The average molecular weight is 371 g/mol. The van der Waals surface area contributed by atoms with Gasteiger partial charge in [0.2, 0.25) is 0 Å². The van der Waals surface area contributed by atoms with Crippen LogP contribution in [0.5, 0.6) is 0 Å². The molecule has 0 radical (unpaired) electrons. The average Bonchev–Trinajstić information content (AvgIpc) is 3.31. The van der Waals surface area contributed by atoms with Crippen LogP contribution in [-0.2, 0) is 4.74 Å². The van der Waals surface area contributed by atoms with Gasteiger partial charge in [-0.1, -0.05) is 19.0 Å². The highest BCUT2D eigenvalue weighted by Gasteiger charge is 2.32. The summed E-state index contributed by atoms with van der Waals surface area (Å²) in [5.74, 6) is 0.710. The van der Waals surface area contributed by atoms with Crippen molar-refractivity contribution in [2.24, 2.45) is 0 Å². The van der Waals surface area contributed by atoms with Gasteiger partial charge in [0, 0.05) is 24.2 Å². The summed E-state index contributed by atoms with van der Waals surface area (Å²) >= 11 is 0. The number of hydrogen-bond donors (Lipinski definition) is 1. The van der Waals surface area contributed by atoms with Crippen molar-refractivity contribution in [2.75, 3.05) is 18.5 Å². The Morgan fingerprint density at radius 3 is 2.70 bits per heavy atom. The number of nitrogens with zero attached hydrogens (tertiary/aromatic N) is 2. The summed E-state index contributed by atoms with van der Waals surface area (Å²) in [5, 5.41) is 7.05. The predicted molar refractivity (Wildman–Crippen MR) is 101 cm³/mol. The van der Waals surface area contributed by atoms with Crippen molar-refractivity contribution < 1.29 is 18.8 Å². The first-order valence-electron chi connectivity index (χ1n) is 9.31. The molecular weight excluding hydrogens is 346 g/mol. The summed E-state index contributed by atoms with van der Waals surface area (Å²) in [7, 11) is 0. The Hall–Kier alpha value is -2.83. The molecule has 27 heavy (non-hydrogen) atoms. The van der Waals surface area contributed by atoms with E-state index in [1.165, 1.54) is 0 Å². The number of carbonyl (C=O) groups is 2. The van der Waals surface area contributed by atoms with E-state index in [1.807, 2.05) is 19.9 Å². The van der Waals surface area contributed by atoms with Crippen LogP contribution < -0.4 is 5.32 Å². The molecule has 1 fully saturated rings. The Bertz CT molecular complexity index is 798.